The predicted molar refractivity (Wildman–Crippen MR) is 130 cm³/mol. The number of hydrogen-bond acceptors (Lipinski definition) is 10. The SMILES string of the molecule is COc1ccc(-c2nc(S(=O)(=O)c3ccc4c(c3)OCCO4)c(NCCCN(C)C)o2)cc1OC. The molecule has 4 rings (SSSR count). The zero-order chi connectivity index (χ0) is 25.0. The van der Waals surface area contributed by atoms with Crippen LogP contribution in [0.15, 0.2) is 50.7 Å². The first kappa shape index (κ1) is 24.7. The molecule has 0 saturated heterocycles. The molecule has 0 atom stereocenters. The van der Waals surface area contributed by atoms with Crippen molar-refractivity contribution >= 4 is 15.7 Å². The minimum atomic E-state index is -4.04. The van der Waals surface area contributed by atoms with Gasteiger partial charge in [0.2, 0.25) is 26.6 Å². The molecule has 0 bridgehead atoms. The number of hydrogen-bond donors (Lipinski definition) is 1. The largest absolute Gasteiger partial charge is 0.493 e. The van der Waals surface area contributed by atoms with Crippen LogP contribution in [0.4, 0.5) is 5.88 Å². The van der Waals surface area contributed by atoms with Gasteiger partial charge in [-0.2, -0.15) is 4.98 Å². The van der Waals surface area contributed by atoms with Crippen molar-refractivity contribution in [2.75, 3.05) is 59.9 Å². The minimum absolute atomic E-state index is 0.0326. The second kappa shape index (κ2) is 10.4. The Labute approximate surface area is 204 Å². The van der Waals surface area contributed by atoms with Crippen molar-refractivity contribution in [3.05, 3.63) is 36.4 Å². The first-order chi connectivity index (χ1) is 16.8. The number of rotatable bonds is 10. The van der Waals surface area contributed by atoms with E-state index in [0.717, 1.165) is 13.0 Å². The Hall–Kier alpha value is -3.44. The molecule has 10 nitrogen and oxygen atoms in total. The van der Waals surface area contributed by atoms with Crippen LogP contribution in [0.1, 0.15) is 6.42 Å². The second-order valence-corrected chi connectivity index (χ2v) is 9.98. The Morgan fingerprint density at radius 3 is 2.46 bits per heavy atom. The lowest BCUT2D eigenvalue weighted by atomic mass is 10.2. The lowest BCUT2D eigenvalue weighted by Crippen LogP contribution is -2.17. The number of nitrogens with one attached hydrogen (secondary N) is 1. The third kappa shape index (κ3) is 5.30. The van der Waals surface area contributed by atoms with E-state index in [0.29, 0.717) is 48.3 Å². The minimum Gasteiger partial charge on any atom is -0.493 e. The third-order valence-electron chi connectivity index (χ3n) is 5.37. The van der Waals surface area contributed by atoms with Gasteiger partial charge < -0.3 is 33.6 Å². The molecule has 0 fully saturated rings. The Bertz CT molecular complexity index is 1290. The summed E-state index contributed by atoms with van der Waals surface area (Å²) >= 11 is 0. The lowest BCUT2D eigenvalue weighted by Gasteiger charge is -2.18. The summed E-state index contributed by atoms with van der Waals surface area (Å²) in [4.78, 5) is 6.47. The van der Waals surface area contributed by atoms with Crippen molar-refractivity contribution in [3.63, 3.8) is 0 Å². The van der Waals surface area contributed by atoms with E-state index in [9.17, 15) is 8.42 Å². The van der Waals surface area contributed by atoms with Crippen LogP contribution >= 0.6 is 0 Å². The van der Waals surface area contributed by atoms with Crippen LogP contribution in [0.5, 0.6) is 23.0 Å². The highest BCUT2D eigenvalue weighted by atomic mass is 32.2. The summed E-state index contributed by atoms with van der Waals surface area (Å²) in [5, 5.41) is 2.90. The molecule has 0 aliphatic carbocycles. The second-order valence-electron chi connectivity index (χ2n) is 8.12. The van der Waals surface area contributed by atoms with Crippen LogP contribution in [0, 0.1) is 0 Å². The number of sulfone groups is 1. The molecule has 2 aromatic carbocycles. The van der Waals surface area contributed by atoms with Gasteiger partial charge in [-0.05, 0) is 57.4 Å². The van der Waals surface area contributed by atoms with Gasteiger partial charge in [0.1, 0.15) is 13.2 Å². The van der Waals surface area contributed by atoms with Crippen molar-refractivity contribution in [2.45, 2.75) is 16.3 Å². The highest BCUT2D eigenvalue weighted by Gasteiger charge is 2.30. The third-order valence-corrected chi connectivity index (χ3v) is 7.03. The van der Waals surface area contributed by atoms with Gasteiger partial charge in [0.15, 0.2) is 23.0 Å². The summed E-state index contributed by atoms with van der Waals surface area (Å²) in [5.41, 5.74) is 0.544. The van der Waals surface area contributed by atoms with Gasteiger partial charge in [0.25, 0.3) is 0 Å². The first-order valence-corrected chi connectivity index (χ1v) is 12.6. The Balaban J connectivity index is 1.73. The van der Waals surface area contributed by atoms with Crippen molar-refractivity contribution in [1.29, 1.82) is 0 Å². The molecule has 0 amide bonds. The van der Waals surface area contributed by atoms with E-state index in [-0.39, 0.29) is 21.7 Å². The molecule has 0 saturated carbocycles. The molecule has 0 unspecified atom stereocenters. The fraction of sp³-hybridized carbons (Fsp3) is 0.375. The smallest absolute Gasteiger partial charge is 0.233 e. The Morgan fingerprint density at radius 1 is 1.00 bits per heavy atom. The molecule has 188 valence electrons. The number of methoxy groups -OCH3 is 2. The molecule has 1 N–H and O–H groups in total. The summed E-state index contributed by atoms with van der Waals surface area (Å²) in [7, 11) is 2.96. The van der Waals surface area contributed by atoms with Gasteiger partial charge in [0, 0.05) is 18.2 Å². The van der Waals surface area contributed by atoms with Crippen LogP contribution in [0.2, 0.25) is 0 Å². The van der Waals surface area contributed by atoms with Crippen LogP contribution in [-0.2, 0) is 9.84 Å². The number of fused-ring (bicyclic) bond motifs is 1. The predicted octanol–water partition coefficient (Wildman–Crippen LogP) is 3.33. The topological polar surface area (TPSA) is 112 Å². The fourth-order valence-corrected chi connectivity index (χ4v) is 4.89. The molecule has 2 heterocycles. The van der Waals surface area contributed by atoms with Gasteiger partial charge in [-0.1, -0.05) is 0 Å². The lowest BCUT2D eigenvalue weighted by molar-refractivity contribution is 0.171. The molecule has 1 aromatic heterocycles. The van der Waals surface area contributed by atoms with E-state index in [1.54, 1.807) is 24.3 Å². The maximum absolute atomic E-state index is 13.6. The van der Waals surface area contributed by atoms with E-state index in [1.807, 2.05) is 19.0 Å². The van der Waals surface area contributed by atoms with Gasteiger partial charge in [-0.15, -0.1) is 0 Å². The number of benzene rings is 2. The molecule has 1 aliphatic rings. The Morgan fingerprint density at radius 2 is 1.74 bits per heavy atom. The van der Waals surface area contributed by atoms with Gasteiger partial charge in [-0.3, -0.25) is 0 Å². The van der Waals surface area contributed by atoms with Gasteiger partial charge >= 0.3 is 0 Å². The van der Waals surface area contributed by atoms with Crippen LogP contribution in [0.3, 0.4) is 0 Å². The monoisotopic (exact) mass is 503 g/mol. The standard InChI is InChI=1S/C24H29N3O7S/c1-27(2)11-5-10-25-23-24(26-22(34-23)16-6-8-18(30-3)20(14-16)31-4)35(28,29)17-7-9-19-21(15-17)33-13-12-32-19/h6-9,14-15,25H,5,10-13H2,1-4H3. The normalized spacial score (nSPS) is 13.1. The zero-order valence-corrected chi connectivity index (χ0v) is 21.0. The van der Waals surface area contributed by atoms with E-state index >= 15 is 0 Å². The maximum Gasteiger partial charge on any atom is 0.233 e. The van der Waals surface area contributed by atoms with E-state index < -0.39 is 9.84 Å². The highest BCUT2D eigenvalue weighted by molar-refractivity contribution is 7.91. The first-order valence-electron chi connectivity index (χ1n) is 11.1. The number of aromatic nitrogens is 1. The molecular formula is C24H29N3O7S. The number of anilines is 1. The van der Waals surface area contributed by atoms with Gasteiger partial charge in [0.05, 0.1) is 19.1 Å². The molecule has 35 heavy (non-hydrogen) atoms. The molecule has 0 radical (unpaired) electrons. The van der Waals surface area contributed by atoms with Crippen LogP contribution in [0.25, 0.3) is 11.5 Å². The maximum atomic E-state index is 13.6. The van der Waals surface area contributed by atoms with Crippen LogP contribution in [-0.4, -0.2) is 72.9 Å². The Kier molecular flexibility index (Phi) is 7.37. The fourth-order valence-electron chi connectivity index (χ4n) is 3.59. The zero-order valence-electron chi connectivity index (χ0n) is 20.2. The van der Waals surface area contributed by atoms with Crippen molar-refractivity contribution in [1.82, 2.24) is 9.88 Å². The van der Waals surface area contributed by atoms with E-state index in [2.05, 4.69) is 10.3 Å². The van der Waals surface area contributed by atoms with E-state index in [1.165, 1.54) is 26.4 Å². The summed E-state index contributed by atoms with van der Waals surface area (Å²) in [5.74, 6) is 2.10. The number of nitrogens with zero attached hydrogens (tertiary/aromatic N) is 2. The van der Waals surface area contributed by atoms with Crippen molar-refractivity contribution in [3.8, 4) is 34.5 Å². The van der Waals surface area contributed by atoms with E-state index in [4.69, 9.17) is 23.4 Å². The highest BCUT2D eigenvalue weighted by Crippen LogP contribution is 2.38. The molecule has 1 aliphatic heterocycles. The number of ether oxygens (including phenoxy) is 4. The average molecular weight is 504 g/mol. The summed E-state index contributed by atoms with van der Waals surface area (Å²) < 4.78 is 55.0. The molecular weight excluding hydrogens is 474 g/mol. The summed E-state index contributed by atoms with van der Waals surface area (Å²) in [6, 6.07) is 9.62. The van der Waals surface area contributed by atoms with Gasteiger partial charge in [-0.25, -0.2) is 8.42 Å². The summed E-state index contributed by atoms with van der Waals surface area (Å²) in [6.45, 7) is 2.09. The molecule has 11 heteroatoms. The average Bonchev–Trinajstić information content (AvgIpc) is 3.31. The van der Waals surface area contributed by atoms with Crippen molar-refractivity contribution < 1.29 is 31.8 Å². The molecule has 3 aromatic rings. The number of oxazole rings is 1. The van der Waals surface area contributed by atoms with Crippen molar-refractivity contribution in [2.24, 2.45) is 0 Å². The quantitative estimate of drug-likeness (QED) is 0.414. The summed E-state index contributed by atoms with van der Waals surface area (Å²) in [6.07, 6.45) is 0.781. The molecule has 0 spiro atoms. The van der Waals surface area contributed by atoms with Crippen LogP contribution < -0.4 is 24.3 Å².